The third kappa shape index (κ3) is 4.09. The van der Waals surface area contributed by atoms with Crippen LogP contribution in [-0.2, 0) is 0 Å². The van der Waals surface area contributed by atoms with Gasteiger partial charge >= 0.3 is 0 Å². The average molecular weight is 324 g/mol. The highest BCUT2D eigenvalue weighted by Gasteiger charge is 2.18. The molecule has 2 N–H and O–H groups in total. The normalized spacial score (nSPS) is 13.8. The maximum atomic E-state index is 6.33. The maximum Gasteiger partial charge on any atom is 0.208 e. The molecule has 0 aliphatic heterocycles. The number of thioether (sulfide) groups is 1. The number of rotatable bonds is 6. The highest BCUT2D eigenvalue weighted by atomic mass is 32.2. The van der Waals surface area contributed by atoms with Gasteiger partial charge in [0.1, 0.15) is 5.75 Å². The van der Waals surface area contributed by atoms with Crippen molar-refractivity contribution in [3.8, 4) is 5.75 Å². The van der Waals surface area contributed by atoms with E-state index in [1.807, 2.05) is 43.3 Å². The van der Waals surface area contributed by atoms with Gasteiger partial charge in [0.25, 0.3) is 0 Å². The zero-order valence-electron chi connectivity index (χ0n) is 12.6. The summed E-state index contributed by atoms with van der Waals surface area (Å²) in [5.41, 5.74) is 7.42. The lowest BCUT2D eigenvalue weighted by Crippen LogP contribution is -2.20. The number of methoxy groups -OCH3 is 1. The van der Waals surface area contributed by atoms with Crippen LogP contribution in [0.25, 0.3) is 0 Å². The van der Waals surface area contributed by atoms with Crippen molar-refractivity contribution in [1.82, 2.24) is 10.2 Å². The highest BCUT2D eigenvalue weighted by molar-refractivity contribution is 8.01. The van der Waals surface area contributed by atoms with Crippen LogP contribution < -0.4 is 15.4 Å². The lowest BCUT2D eigenvalue weighted by molar-refractivity contribution is 0.414. The summed E-state index contributed by atoms with van der Waals surface area (Å²) in [6.07, 6.45) is 0. The molecule has 0 saturated heterocycles. The predicted molar refractivity (Wildman–Crippen MR) is 89.5 cm³/mol. The molecule has 2 unspecified atom stereocenters. The molecule has 0 bridgehead atoms. The van der Waals surface area contributed by atoms with Crippen molar-refractivity contribution in [1.29, 1.82) is 0 Å². The third-order valence-electron chi connectivity index (χ3n) is 3.07. The van der Waals surface area contributed by atoms with Crippen LogP contribution in [0.5, 0.6) is 5.75 Å². The molecule has 21 heavy (non-hydrogen) atoms. The Hall–Kier alpha value is -1.31. The second-order valence-corrected chi connectivity index (χ2v) is 7.45. The third-order valence-corrected chi connectivity index (χ3v) is 5.44. The first kappa shape index (κ1) is 16.1. The summed E-state index contributed by atoms with van der Waals surface area (Å²) in [6, 6.07) is 7.81. The second-order valence-electron chi connectivity index (χ2n) is 4.87. The Morgan fingerprint density at radius 1 is 1.24 bits per heavy atom. The molecular weight excluding hydrogens is 304 g/mol. The minimum Gasteiger partial charge on any atom is -0.497 e. The Bertz CT molecular complexity index is 571. The molecule has 0 amide bonds. The van der Waals surface area contributed by atoms with Gasteiger partial charge in [0.2, 0.25) is 5.13 Å². The molecule has 1 aromatic heterocycles. The number of ether oxygens (including phenoxy) is 1. The molecule has 2 rings (SSSR count). The van der Waals surface area contributed by atoms with Gasteiger partial charge in [-0.15, -0.1) is 10.2 Å². The molecule has 1 heterocycles. The number of nitrogens with zero attached hydrogens (tertiary/aromatic N) is 3. The summed E-state index contributed by atoms with van der Waals surface area (Å²) >= 11 is 3.24. The van der Waals surface area contributed by atoms with Gasteiger partial charge in [-0.3, -0.25) is 0 Å². The van der Waals surface area contributed by atoms with Gasteiger partial charge in [-0.25, -0.2) is 0 Å². The summed E-state index contributed by atoms with van der Waals surface area (Å²) in [5, 5.41) is 9.45. The van der Waals surface area contributed by atoms with E-state index in [1.165, 1.54) is 0 Å². The molecule has 0 aliphatic rings. The van der Waals surface area contributed by atoms with Crippen LogP contribution >= 0.6 is 23.1 Å². The second kappa shape index (κ2) is 7.11. The van der Waals surface area contributed by atoms with E-state index in [4.69, 9.17) is 10.5 Å². The molecule has 2 atom stereocenters. The molecule has 114 valence electrons. The molecule has 2 aromatic rings. The van der Waals surface area contributed by atoms with Gasteiger partial charge in [0.05, 0.1) is 7.11 Å². The van der Waals surface area contributed by atoms with E-state index in [2.05, 4.69) is 17.1 Å². The summed E-state index contributed by atoms with van der Waals surface area (Å²) < 4.78 is 6.10. The van der Waals surface area contributed by atoms with Crippen molar-refractivity contribution in [2.75, 3.05) is 26.1 Å². The van der Waals surface area contributed by atoms with E-state index >= 15 is 0 Å². The monoisotopic (exact) mass is 324 g/mol. The predicted octanol–water partition coefficient (Wildman–Crippen LogP) is 2.79. The number of anilines is 1. The number of hydrogen-bond donors (Lipinski definition) is 1. The van der Waals surface area contributed by atoms with Crippen molar-refractivity contribution >= 4 is 28.2 Å². The van der Waals surface area contributed by atoms with E-state index in [9.17, 15) is 0 Å². The lowest BCUT2D eigenvalue weighted by atomic mass is 10.1. The zero-order valence-corrected chi connectivity index (χ0v) is 14.2. The smallest absolute Gasteiger partial charge is 0.208 e. The van der Waals surface area contributed by atoms with Crippen LogP contribution in [0.1, 0.15) is 18.5 Å². The van der Waals surface area contributed by atoms with Crippen LogP contribution in [0.15, 0.2) is 28.6 Å². The van der Waals surface area contributed by atoms with Crippen molar-refractivity contribution < 1.29 is 4.74 Å². The van der Waals surface area contributed by atoms with E-state index < -0.39 is 0 Å². The largest absolute Gasteiger partial charge is 0.497 e. The van der Waals surface area contributed by atoms with Crippen molar-refractivity contribution in [3.05, 3.63) is 29.8 Å². The Balaban J connectivity index is 2.02. The van der Waals surface area contributed by atoms with Gasteiger partial charge in [0, 0.05) is 25.4 Å². The van der Waals surface area contributed by atoms with Gasteiger partial charge in [0.15, 0.2) is 4.34 Å². The van der Waals surface area contributed by atoms with Gasteiger partial charge < -0.3 is 15.4 Å². The van der Waals surface area contributed by atoms with Crippen LogP contribution in [0.4, 0.5) is 5.13 Å². The van der Waals surface area contributed by atoms with Crippen molar-refractivity contribution in [2.45, 2.75) is 22.6 Å². The number of hydrogen-bond acceptors (Lipinski definition) is 7. The minimum atomic E-state index is -0.0624. The lowest BCUT2D eigenvalue weighted by Gasteiger charge is -2.18. The SMILES string of the molecule is COc1ccc(C(N)C(C)Sc2nnc(N(C)C)s2)cc1. The molecule has 1 aromatic carbocycles. The highest BCUT2D eigenvalue weighted by Crippen LogP contribution is 2.34. The number of aromatic nitrogens is 2. The van der Waals surface area contributed by atoms with Crippen LogP contribution in [0.2, 0.25) is 0 Å². The Morgan fingerprint density at radius 2 is 1.90 bits per heavy atom. The summed E-state index contributed by atoms with van der Waals surface area (Å²) in [5.74, 6) is 0.839. The van der Waals surface area contributed by atoms with Gasteiger partial charge in [-0.05, 0) is 17.7 Å². The fourth-order valence-electron chi connectivity index (χ4n) is 1.76. The Kier molecular flexibility index (Phi) is 5.44. The molecule has 0 spiro atoms. The average Bonchev–Trinajstić information content (AvgIpc) is 2.95. The van der Waals surface area contributed by atoms with E-state index in [0.29, 0.717) is 0 Å². The molecule has 5 nitrogen and oxygen atoms in total. The molecule has 7 heteroatoms. The first-order chi connectivity index (χ1) is 10.0. The van der Waals surface area contributed by atoms with Crippen LogP contribution in [-0.4, -0.2) is 36.7 Å². The van der Waals surface area contributed by atoms with Crippen LogP contribution in [0, 0.1) is 0 Å². The van der Waals surface area contributed by atoms with Gasteiger partial charge in [-0.1, -0.05) is 42.2 Å². The molecule has 0 saturated carbocycles. The van der Waals surface area contributed by atoms with Gasteiger partial charge in [-0.2, -0.15) is 0 Å². The topological polar surface area (TPSA) is 64.3 Å². The first-order valence-corrected chi connectivity index (χ1v) is 8.28. The van der Waals surface area contributed by atoms with E-state index in [0.717, 1.165) is 20.8 Å². The van der Waals surface area contributed by atoms with Crippen molar-refractivity contribution in [2.24, 2.45) is 5.73 Å². The summed E-state index contributed by atoms with van der Waals surface area (Å²) in [6.45, 7) is 2.11. The fourth-order valence-corrected chi connectivity index (χ4v) is 3.84. The van der Waals surface area contributed by atoms with Crippen molar-refractivity contribution in [3.63, 3.8) is 0 Å². The van der Waals surface area contributed by atoms with Crippen LogP contribution in [0.3, 0.4) is 0 Å². The standard InChI is InChI=1S/C14H20N4OS2/c1-9(20-14-17-16-13(21-14)18(2)3)12(15)10-5-7-11(19-4)8-6-10/h5-9,12H,15H2,1-4H3. The Labute approximate surface area is 133 Å². The number of benzene rings is 1. The summed E-state index contributed by atoms with van der Waals surface area (Å²) in [4.78, 5) is 1.95. The molecule has 0 fully saturated rings. The first-order valence-electron chi connectivity index (χ1n) is 6.58. The fraction of sp³-hybridized carbons (Fsp3) is 0.429. The molecular formula is C14H20N4OS2. The quantitative estimate of drug-likeness (QED) is 0.824. The Morgan fingerprint density at radius 3 is 2.43 bits per heavy atom. The molecule has 0 aliphatic carbocycles. The molecule has 0 radical (unpaired) electrons. The van der Waals surface area contributed by atoms with E-state index in [-0.39, 0.29) is 11.3 Å². The zero-order chi connectivity index (χ0) is 15.4. The summed E-state index contributed by atoms with van der Waals surface area (Å²) in [7, 11) is 5.58. The van der Waals surface area contributed by atoms with E-state index in [1.54, 1.807) is 30.2 Å². The number of nitrogens with two attached hydrogens (primary N) is 1. The minimum absolute atomic E-state index is 0.0624. The maximum absolute atomic E-state index is 6.33.